The molecule has 29 heavy (non-hydrogen) atoms. The number of fused-ring (bicyclic) bond motifs is 3. The third-order valence-corrected chi connectivity index (χ3v) is 5.78. The van der Waals surface area contributed by atoms with Crippen molar-refractivity contribution in [3.05, 3.63) is 78.0 Å². The van der Waals surface area contributed by atoms with E-state index in [0.717, 1.165) is 17.6 Å². The Kier molecular flexibility index (Phi) is 4.19. The molecule has 0 saturated heterocycles. The zero-order valence-electron chi connectivity index (χ0n) is 16.5. The normalized spacial score (nSPS) is 16.4. The van der Waals surface area contributed by atoms with E-state index in [1.165, 1.54) is 16.6 Å². The molecule has 0 aliphatic carbocycles. The van der Waals surface area contributed by atoms with E-state index in [9.17, 15) is 4.79 Å². The number of aromatic nitrogens is 4. The minimum absolute atomic E-state index is 0.0252. The molecule has 1 N–H and O–H groups in total. The van der Waals surface area contributed by atoms with E-state index in [-0.39, 0.29) is 11.9 Å². The quantitative estimate of drug-likeness (QED) is 0.576. The maximum Gasteiger partial charge on any atom is 0.254 e. The molecule has 3 heterocycles. The summed E-state index contributed by atoms with van der Waals surface area (Å²) in [6.45, 7) is 5.08. The van der Waals surface area contributed by atoms with Crippen molar-refractivity contribution in [2.75, 3.05) is 6.54 Å². The van der Waals surface area contributed by atoms with E-state index < -0.39 is 0 Å². The molecule has 1 amide bonds. The number of carbonyl (C=O) groups excluding carboxylic acids is 1. The molecule has 6 heteroatoms. The highest BCUT2D eigenvalue weighted by atomic mass is 16.2. The van der Waals surface area contributed by atoms with Crippen LogP contribution in [0.5, 0.6) is 0 Å². The molecule has 0 spiro atoms. The second-order valence-corrected chi connectivity index (χ2v) is 7.92. The fraction of sp³-hybridized carbons (Fsp3) is 0.261. The molecule has 146 valence electrons. The average Bonchev–Trinajstić information content (AvgIpc) is 3.40. The molecular formula is C23H23N5O. The topological polar surface area (TPSA) is 66.8 Å². The number of H-pyrrole nitrogens is 1. The predicted molar refractivity (Wildman–Crippen MR) is 112 cm³/mol. The van der Waals surface area contributed by atoms with Crippen LogP contribution in [0.3, 0.4) is 0 Å². The first-order chi connectivity index (χ1) is 14.1. The zero-order chi connectivity index (χ0) is 20.0. The predicted octanol–water partition coefficient (Wildman–Crippen LogP) is 4.14. The second kappa shape index (κ2) is 6.88. The van der Waals surface area contributed by atoms with Crippen molar-refractivity contribution in [2.45, 2.75) is 26.3 Å². The van der Waals surface area contributed by atoms with Gasteiger partial charge in [0.1, 0.15) is 12.7 Å². The lowest BCUT2D eigenvalue weighted by Gasteiger charge is -2.38. The fourth-order valence-corrected chi connectivity index (χ4v) is 4.49. The van der Waals surface area contributed by atoms with Gasteiger partial charge in [-0.3, -0.25) is 9.36 Å². The van der Waals surface area contributed by atoms with Crippen LogP contribution < -0.4 is 0 Å². The summed E-state index contributed by atoms with van der Waals surface area (Å²) in [5.74, 6) is 0.357. The summed E-state index contributed by atoms with van der Waals surface area (Å²) in [7, 11) is 0. The maximum atomic E-state index is 13.5. The van der Waals surface area contributed by atoms with Gasteiger partial charge in [0.05, 0.1) is 6.04 Å². The lowest BCUT2D eigenvalue weighted by atomic mass is 9.89. The van der Waals surface area contributed by atoms with Gasteiger partial charge in [-0.1, -0.05) is 38.1 Å². The van der Waals surface area contributed by atoms with Crippen LogP contribution in [0.25, 0.3) is 16.6 Å². The van der Waals surface area contributed by atoms with E-state index in [2.05, 4.69) is 47.2 Å². The highest BCUT2D eigenvalue weighted by Gasteiger charge is 2.35. The minimum Gasteiger partial charge on any atom is -0.356 e. The SMILES string of the molecule is CC(C)[C@@H]1c2[nH]c3ccccc3c2CCN1C(=O)c1cccc(-n2cnnc2)c1. The van der Waals surface area contributed by atoms with Gasteiger partial charge in [-0.05, 0) is 42.2 Å². The summed E-state index contributed by atoms with van der Waals surface area (Å²) in [6.07, 6.45) is 4.13. The van der Waals surface area contributed by atoms with Gasteiger partial charge in [-0.25, -0.2) is 0 Å². The molecule has 1 atom stereocenters. The highest BCUT2D eigenvalue weighted by molar-refractivity contribution is 5.96. The molecule has 0 bridgehead atoms. The first kappa shape index (κ1) is 17.7. The van der Waals surface area contributed by atoms with Crippen molar-refractivity contribution < 1.29 is 4.79 Å². The standard InChI is InChI=1S/C23H23N5O/c1-15(2)22-21-19(18-8-3-4-9-20(18)26-21)10-11-28(22)23(29)16-6-5-7-17(12-16)27-13-24-25-14-27/h3-9,12-15,22,26H,10-11H2,1-2H3/t22-/m1/s1. The van der Waals surface area contributed by atoms with Gasteiger partial charge in [0, 0.05) is 34.4 Å². The van der Waals surface area contributed by atoms with Crippen LogP contribution in [-0.2, 0) is 6.42 Å². The summed E-state index contributed by atoms with van der Waals surface area (Å²) in [6, 6.07) is 16.1. The number of benzene rings is 2. The molecule has 4 aromatic rings. The molecule has 0 saturated carbocycles. The van der Waals surface area contributed by atoms with Crippen LogP contribution in [0.4, 0.5) is 0 Å². The summed E-state index contributed by atoms with van der Waals surface area (Å²) in [5.41, 5.74) is 5.23. The Morgan fingerprint density at radius 3 is 2.69 bits per heavy atom. The number of hydrogen-bond acceptors (Lipinski definition) is 3. The van der Waals surface area contributed by atoms with Gasteiger partial charge in [0.2, 0.25) is 0 Å². The van der Waals surface area contributed by atoms with Crippen LogP contribution in [0.15, 0.2) is 61.2 Å². The van der Waals surface area contributed by atoms with Crippen LogP contribution in [0, 0.1) is 5.92 Å². The summed E-state index contributed by atoms with van der Waals surface area (Å²) >= 11 is 0. The third kappa shape index (κ3) is 2.92. The van der Waals surface area contributed by atoms with E-state index in [0.29, 0.717) is 18.0 Å². The van der Waals surface area contributed by atoms with Crippen molar-refractivity contribution in [3.8, 4) is 5.69 Å². The Morgan fingerprint density at radius 2 is 1.90 bits per heavy atom. The van der Waals surface area contributed by atoms with Crippen LogP contribution in [0.2, 0.25) is 0 Å². The first-order valence-corrected chi connectivity index (χ1v) is 9.99. The van der Waals surface area contributed by atoms with Crippen molar-refractivity contribution >= 4 is 16.8 Å². The number of rotatable bonds is 3. The molecule has 2 aromatic carbocycles. The summed E-state index contributed by atoms with van der Waals surface area (Å²) < 4.78 is 1.81. The lowest BCUT2D eigenvalue weighted by Crippen LogP contribution is -2.42. The number of aromatic amines is 1. The Balaban J connectivity index is 1.54. The van der Waals surface area contributed by atoms with Crippen molar-refractivity contribution in [1.82, 2.24) is 24.6 Å². The second-order valence-electron chi connectivity index (χ2n) is 7.92. The molecule has 1 aliphatic rings. The number of carbonyl (C=O) groups is 1. The lowest BCUT2D eigenvalue weighted by molar-refractivity contribution is 0.0598. The Bertz CT molecular complexity index is 1180. The van der Waals surface area contributed by atoms with Crippen molar-refractivity contribution in [2.24, 2.45) is 5.92 Å². The number of amides is 1. The van der Waals surface area contributed by atoms with E-state index in [4.69, 9.17) is 0 Å². The van der Waals surface area contributed by atoms with E-state index >= 15 is 0 Å². The molecule has 6 nitrogen and oxygen atoms in total. The van der Waals surface area contributed by atoms with Crippen molar-refractivity contribution in [1.29, 1.82) is 0 Å². The number of nitrogens with zero attached hydrogens (tertiary/aromatic N) is 4. The molecule has 5 rings (SSSR count). The molecule has 2 aromatic heterocycles. The highest BCUT2D eigenvalue weighted by Crippen LogP contribution is 2.39. The van der Waals surface area contributed by atoms with Crippen LogP contribution >= 0.6 is 0 Å². The summed E-state index contributed by atoms with van der Waals surface area (Å²) in [5, 5.41) is 8.99. The van der Waals surface area contributed by atoms with Gasteiger partial charge >= 0.3 is 0 Å². The average molecular weight is 385 g/mol. The smallest absolute Gasteiger partial charge is 0.254 e. The van der Waals surface area contributed by atoms with Crippen molar-refractivity contribution in [3.63, 3.8) is 0 Å². The Labute approximate surface area is 169 Å². The molecular weight excluding hydrogens is 362 g/mol. The molecule has 0 unspecified atom stereocenters. The molecule has 1 aliphatic heterocycles. The zero-order valence-corrected chi connectivity index (χ0v) is 16.5. The Hall–Kier alpha value is -3.41. The van der Waals surface area contributed by atoms with E-state index in [1.54, 1.807) is 12.7 Å². The van der Waals surface area contributed by atoms with Gasteiger partial charge in [0.25, 0.3) is 5.91 Å². The van der Waals surface area contributed by atoms with Gasteiger partial charge in [0.15, 0.2) is 0 Å². The number of nitrogens with one attached hydrogen (secondary N) is 1. The molecule has 0 fully saturated rings. The molecule has 0 radical (unpaired) electrons. The maximum absolute atomic E-state index is 13.5. The van der Waals surface area contributed by atoms with Gasteiger partial charge in [-0.15, -0.1) is 10.2 Å². The van der Waals surface area contributed by atoms with Gasteiger partial charge in [-0.2, -0.15) is 0 Å². The van der Waals surface area contributed by atoms with Crippen LogP contribution in [0.1, 0.15) is 41.5 Å². The van der Waals surface area contributed by atoms with Gasteiger partial charge < -0.3 is 9.88 Å². The minimum atomic E-state index is 0.0252. The number of para-hydroxylation sites is 1. The van der Waals surface area contributed by atoms with E-state index in [1.807, 2.05) is 39.8 Å². The van der Waals surface area contributed by atoms with Crippen LogP contribution in [-0.4, -0.2) is 37.1 Å². The fourth-order valence-electron chi connectivity index (χ4n) is 4.49. The third-order valence-electron chi connectivity index (χ3n) is 5.78. The summed E-state index contributed by atoms with van der Waals surface area (Å²) in [4.78, 5) is 19.2. The largest absolute Gasteiger partial charge is 0.356 e. The Morgan fingerprint density at radius 1 is 1.10 bits per heavy atom. The number of hydrogen-bond donors (Lipinski definition) is 1. The first-order valence-electron chi connectivity index (χ1n) is 9.99. The monoisotopic (exact) mass is 385 g/mol.